The lowest BCUT2D eigenvalue weighted by Crippen LogP contribution is -2.51. The molecule has 0 heterocycles. The molecular weight excluding hydrogens is 256 g/mol. The van der Waals surface area contributed by atoms with Crippen LogP contribution in [0.4, 0.5) is 0 Å². The summed E-state index contributed by atoms with van der Waals surface area (Å²) < 4.78 is 10.6. The Labute approximate surface area is 123 Å². The summed E-state index contributed by atoms with van der Waals surface area (Å²) in [6, 6.07) is 0.406. The van der Waals surface area contributed by atoms with Crippen LogP contribution in [-0.2, 0) is 14.3 Å². The first-order valence-corrected chi connectivity index (χ1v) is 7.60. The highest BCUT2D eigenvalue weighted by atomic mass is 16.5. The van der Waals surface area contributed by atoms with Crippen LogP contribution in [0.25, 0.3) is 0 Å². The Morgan fingerprint density at radius 1 is 1.50 bits per heavy atom. The van der Waals surface area contributed by atoms with Gasteiger partial charge in [0.2, 0.25) is 0 Å². The number of hydrogen-bond acceptors (Lipinski definition) is 5. The summed E-state index contributed by atoms with van der Waals surface area (Å²) in [4.78, 5) is 14.4. The van der Waals surface area contributed by atoms with Crippen LogP contribution in [0, 0.1) is 0 Å². The van der Waals surface area contributed by atoms with Gasteiger partial charge in [-0.25, -0.2) is 0 Å². The molecule has 0 saturated heterocycles. The number of ether oxygens (including phenoxy) is 2. The highest BCUT2D eigenvalue weighted by Crippen LogP contribution is 2.33. The van der Waals surface area contributed by atoms with Crippen LogP contribution in [0.1, 0.15) is 40.0 Å². The molecule has 0 aliphatic heterocycles. The Balaban J connectivity index is 2.52. The second kappa shape index (κ2) is 7.96. The third kappa shape index (κ3) is 4.43. The van der Waals surface area contributed by atoms with Crippen LogP contribution in [0.2, 0.25) is 0 Å². The van der Waals surface area contributed by atoms with Gasteiger partial charge in [0.1, 0.15) is 5.54 Å². The summed E-state index contributed by atoms with van der Waals surface area (Å²) >= 11 is 0. The molecule has 1 aliphatic carbocycles. The molecule has 2 unspecified atom stereocenters. The fourth-order valence-corrected chi connectivity index (χ4v) is 2.96. The summed E-state index contributed by atoms with van der Waals surface area (Å²) in [6.07, 6.45) is 2.93. The number of nitrogens with one attached hydrogen (secondary N) is 1. The summed E-state index contributed by atoms with van der Waals surface area (Å²) in [5.41, 5.74) is -0.499. The lowest BCUT2D eigenvalue weighted by Gasteiger charge is -2.29. The molecular formula is C15H30N2O3. The molecule has 1 saturated carbocycles. The minimum atomic E-state index is -0.499. The van der Waals surface area contributed by atoms with Crippen LogP contribution < -0.4 is 5.32 Å². The van der Waals surface area contributed by atoms with Crippen LogP contribution in [0.3, 0.4) is 0 Å². The minimum absolute atomic E-state index is 0.131. The molecule has 0 spiro atoms. The van der Waals surface area contributed by atoms with Gasteiger partial charge in [-0.15, -0.1) is 0 Å². The number of esters is 1. The Morgan fingerprint density at radius 2 is 2.20 bits per heavy atom. The van der Waals surface area contributed by atoms with Crippen molar-refractivity contribution in [2.75, 3.05) is 33.9 Å². The van der Waals surface area contributed by atoms with Gasteiger partial charge < -0.3 is 19.7 Å². The van der Waals surface area contributed by atoms with Gasteiger partial charge in [-0.2, -0.15) is 0 Å². The molecule has 20 heavy (non-hydrogen) atoms. The Morgan fingerprint density at radius 3 is 2.75 bits per heavy atom. The number of carbonyl (C=O) groups excluding carboxylic acids is 1. The van der Waals surface area contributed by atoms with Gasteiger partial charge in [-0.1, -0.05) is 6.92 Å². The average molecular weight is 286 g/mol. The third-order valence-electron chi connectivity index (χ3n) is 4.10. The molecule has 1 N–H and O–H groups in total. The quantitative estimate of drug-likeness (QED) is 0.684. The van der Waals surface area contributed by atoms with Crippen molar-refractivity contribution in [3.8, 4) is 0 Å². The maximum Gasteiger partial charge on any atom is 0.326 e. The molecule has 0 bridgehead atoms. The van der Waals surface area contributed by atoms with E-state index >= 15 is 0 Å². The van der Waals surface area contributed by atoms with Gasteiger partial charge >= 0.3 is 5.97 Å². The molecule has 0 aromatic rings. The van der Waals surface area contributed by atoms with Crippen molar-refractivity contribution >= 4 is 5.97 Å². The van der Waals surface area contributed by atoms with Gasteiger partial charge in [-0.05, 0) is 46.7 Å². The standard InChI is InChI=1S/C15H30N2O3/c1-6-16-15(14(18)19-5)8-7-13(11-15)17(4)9-10-20-12(2)3/h12-13,16H,6-11H2,1-5H3. The molecule has 2 atom stereocenters. The first kappa shape index (κ1) is 17.4. The van der Waals surface area contributed by atoms with Crippen LogP contribution >= 0.6 is 0 Å². The minimum Gasteiger partial charge on any atom is -0.468 e. The van der Waals surface area contributed by atoms with Crippen molar-refractivity contribution in [1.82, 2.24) is 10.2 Å². The SMILES string of the molecule is CCNC1(C(=O)OC)CCC(N(C)CCOC(C)C)C1. The van der Waals surface area contributed by atoms with Crippen LogP contribution in [0.15, 0.2) is 0 Å². The van der Waals surface area contributed by atoms with E-state index in [0.717, 1.165) is 39.0 Å². The largest absolute Gasteiger partial charge is 0.468 e. The molecule has 1 rings (SSSR count). The number of nitrogens with zero attached hydrogens (tertiary/aromatic N) is 1. The molecule has 0 aromatic heterocycles. The normalized spacial score (nSPS) is 26.4. The number of rotatable bonds is 8. The van der Waals surface area contributed by atoms with E-state index in [-0.39, 0.29) is 12.1 Å². The zero-order valence-corrected chi connectivity index (χ0v) is 13.6. The predicted octanol–water partition coefficient (Wildman–Crippen LogP) is 1.42. The van der Waals surface area contributed by atoms with E-state index in [9.17, 15) is 4.79 Å². The number of hydrogen-bond donors (Lipinski definition) is 1. The van der Waals surface area contributed by atoms with E-state index in [0.29, 0.717) is 6.04 Å². The molecule has 118 valence electrons. The summed E-state index contributed by atoms with van der Waals surface area (Å²) in [6.45, 7) is 8.52. The van der Waals surface area contributed by atoms with Crippen molar-refractivity contribution in [3.05, 3.63) is 0 Å². The Hall–Kier alpha value is -0.650. The summed E-state index contributed by atoms with van der Waals surface area (Å²) in [5, 5.41) is 3.34. The Kier molecular flexibility index (Phi) is 6.92. The fourth-order valence-electron chi connectivity index (χ4n) is 2.96. The second-order valence-corrected chi connectivity index (χ2v) is 5.90. The first-order valence-electron chi connectivity index (χ1n) is 7.60. The molecule has 5 heteroatoms. The molecule has 1 fully saturated rings. The van der Waals surface area contributed by atoms with Crippen molar-refractivity contribution in [1.29, 1.82) is 0 Å². The molecule has 0 radical (unpaired) electrons. The van der Waals surface area contributed by atoms with Crippen LogP contribution in [0.5, 0.6) is 0 Å². The van der Waals surface area contributed by atoms with Gasteiger partial charge in [-0.3, -0.25) is 4.79 Å². The number of likely N-dealkylation sites (N-methyl/N-ethyl adjacent to an activating group) is 2. The van der Waals surface area contributed by atoms with E-state index < -0.39 is 5.54 Å². The molecule has 1 aliphatic rings. The highest BCUT2D eigenvalue weighted by molar-refractivity contribution is 5.81. The lowest BCUT2D eigenvalue weighted by atomic mass is 9.97. The zero-order valence-electron chi connectivity index (χ0n) is 13.6. The Bertz CT molecular complexity index is 309. The van der Waals surface area contributed by atoms with E-state index in [1.165, 1.54) is 7.11 Å². The third-order valence-corrected chi connectivity index (χ3v) is 4.10. The predicted molar refractivity (Wildman–Crippen MR) is 79.8 cm³/mol. The highest BCUT2D eigenvalue weighted by Gasteiger charge is 2.46. The molecule has 0 amide bonds. The summed E-state index contributed by atoms with van der Waals surface area (Å²) in [5.74, 6) is -0.131. The average Bonchev–Trinajstić information content (AvgIpc) is 2.83. The van der Waals surface area contributed by atoms with Gasteiger partial charge in [0.05, 0.1) is 19.8 Å². The number of methoxy groups -OCH3 is 1. The van der Waals surface area contributed by atoms with Crippen molar-refractivity contribution in [2.45, 2.75) is 57.7 Å². The van der Waals surface area contributed by atoms with Crippen LogP contribution in [-0.4, -0.2) is 62.4 Å². The van der Waals surface area contributed by atoms with E-state index in [1.54, 1.807) is 0 Å². The van der Waals surface area contributed by atoms with Gasteiger partial charge in [0, 0.05) is 12.6 Å². The number of carbonyl (C=O) groups is 1. The van der Waals surface area contributed by atoms with Crippen molar-refractivity contribution in [3.63, 3.8) is 0 Å². The second-order valence-electron chi connectivity index (χ2n) is 5.90. The molecule has 5 nitrogen and oxygen atoms in total. The topological polar surface area (TPSA) is 50.8 Å². The maximum atomic E-state index is 12.1. The van der Waals surface area contributed by atoms with Crippen molar-refractivity contribution < 1.29 is 14.3 Å². The molecule has 0 aromatic carbocycles. The smallest absolute Gasteiger partial charge is 0.326 e. The van der Waals surface area contributed by atoms with E-state index in [1.807, 2.05) is 20.8 Å². The van der Waals surface area contributed by atoms with Crippen molar-refractivity contribution in [2.24, 2.45) is 0 Å². The fraction of sp³-hybridized carbons (Fsp3) is 0.933. The van der Waals surface area contributed by atoms with E-state index in [2.05, 4.69) is 17.3 Å². The first-order chi connectivity index (χ1) is 9.45. The summed E-state index contributed by atoms with van der Waals surface area (Å²) in [7, 11) is 3.57. The van der Waals surface area contributed by atoms with Gasteiger partial charge in [0.25, 0.3) is 0 Å². The maximum absolute atomic E-state index is 12.1. The van der Waals surface area contributed by atoms with E-state index in [4.69, 9.17) is 9.47 Å². The van der Waals surface area contributed by atoms with Gasteiger partial charge in [0.15, 0.2) is 0 Å². The zero-order chi connectivity index (χ0) is 15.2. The lowest BCUT2D eigenvalue weighted by molar-refractivity contribution is -0.148. The monoisotopic (exact) mass is 286 g/mol.